The lowest BCUT2D eigenvalue weighted by molar-refractivity contribution is -0.123. The first-order chi connectivity index (χ1) is 12.4. The Labute approximate surface area is 153 Å². The highest BCUT2D eigenvalue weighted by Gasteiger charge is 2.24. The fourth-order valence-electron chi connectivity index (χ4n) is 2.46. The Bertz CT molecular complexity index is 998. The summed E-state index contributed by atoms with van der Waals surface area (Å²) in [6, 6.07) is 11.0. The Hall–Kier alpha value is -2.86. The predicted molar refractivity (Wildman–Crippen MR) is 95.9 cm³/mol. The lowest BCUT2D eigenvalue weighted by Crippen LogP contribution is -2.30. The predicted octanol–water partition coefficient (Wildman–Crippen LogP) is 4.72. The molecule has 0 aliphatic heterocycles. The van der Waals surface area contributed by atoms with Crippen LogP contribution in [0.4, 0.5) is 10.1 Å². The molecular weight excluding hydrogens is 361 g/mol. The Morgan fingerprint density at radius 2 is 1.96 bits per heavy atom. The van der Waals surface area contributed by atoms with E-state index in [4.69, 9.17) is 20.8 Å². The first-order valence-corrected chi connectivity index (χ1v) is 8.19. The summed E-state index contributed by atoms with van der Waals surface area (Å²) in [5.41, 5.74) is 1.13. The molecule has 7 heteroatoms. The van der Waals surface area contributed by atoms with Crippen molar-refractivity contribution in [2.24, 2.45) is 0 Å². The van der Waals surface area contributed by atoms with E-state index in [-0.39, 0.29) is 16.5 Å². The summed E-state index contributed by atoms with van der Waals surface area (Å²) in [4.78, 5) is 24.5. The van der Waals surface area contributed by atoms with E-state index >= 15 is 0 Å². The summed E-state index contributed by atoms with van der Waals surface area (Å²) in [7, 11) is 0. The number of hydrogen-bond donors (Lipinski definition) is 1. The van der Waals surface area contributed by atoms with E-state index in [0.29, 0.717) is 11.1 Å². The van der Waals surface area contributed by atoms with Crippen molar-refractivity contribution in [1.29, 1.82) is 0 Å². The van der Waals surface area contributed by atoms with Gasteiger partial charge in [0.15, 0.2) is 6.10 Å². The SMILES string of the molecule is Cc1c(C(=O)OC(C)C(=O)Nc2ccc(Cl)cc2F)oc2ccccc12. The van der Waals surface area contributed by atoms with E-state index in [1.807, 2.05) is 12.1 Å². The number of aryl methyl sites for hydroxylation is 1. The van der Waals surface area contributed by atoms with Gasteiger partial charge in [0.25, 0.3) is 5.91 Å². The van der Waals surface area contributed by atoms with E-state index < -0.39 is 23.8 Å². The van der Waals surface area contributed by atoms with Gasteiger partial charge in [0.1, 0.15) is 11.4 Å². The third-order valence-electron chi connectivity index (χ3n) is 3.87. The summed E-state index contributed by atoms with van der Waals surface area (Å²) in [5, 5.41) is 3.35. The van der Waals surface area contributed by atoms with Gasteiger partial charge < -0.3 is 14.5 Å². The van der Waals surface area contributed by atoms with E-state index in [1.165, 1.54) is 19.1 Å². The molecule has 3 aromatic rings. The average molecular weight is 376 g/mol. The van der Waals surface area contributed by atoms with Crippen LogP contribution in [0.2, 0.25) is 5.02 Å². The number of rotatable bonds is 4. The molecule has 0 fully saturated rings. The van der Waals surface area contributed by atoms with Crippen LogP contribution in [-0.4, -0.2) is 18.0 Å². The lowest BCUT2D eigenvalue weighted by atomic mass is 10.1. The van der Waals surface area contributed by atoms with E-state index in [1.54, 1.807) is 19.1 Å². The van der Waals surface area contributed by atoms with Gasteiger partial charge in [-0.3, -0.25) is 4.79 Å². The average Bonchev–Trinajstić information content (AvgIpc) is 2.94. The highest BCUT2D eigenvalue weighted by Crippen LogP contribution is 2.26. The van der Waals surface area contributed by atoms with Crippen LogP contribution in [0.5, 0.6) is 0 Å². The minimum absolute atomic E-state index is 0.0310. The van der Waals surface area contributed by atoms with Crippen LogP contribution in [0.1, 0.15) is 23.0 Å². The molecule has 0 aliphatic carbocycles. The van der Waals surface area contributed by atoms with Gasteiger partial charge in [-0.15, -0.1) is 0 Å². The summed E-state index contributed by atoms with van der Waals surface area (Å²) >= 11 is 5.67. The zero-order valence-corrected chi connectivity index (χ0v) is 14.8. The van der Waals surface area contributed by atoms with E-state index in [2.05, 4.69) is 5.32 Å². The molecule has 5 nitrogen and oxygen atoms in total. The van der Waals surface area contributed by atoms with Crippen molar-refractivity contribution in [3.05, 3.63) is 64.6 Å². The molecule has 0 aliphatic rings. The highest BCUT2D eigenvalue weighted by atomic mass is 35.5. The first kappa shape index (κ1) is 17.9. The van der Waals surface area contributed by atoms with Gasteiger partial charge in [-0.05, 0) is 38.1 Å². The number of amides is 1. The fraction of sp³-hybridized carbons (Fsp3) is 0.158. The van der Waals surface area contributed by atoms with Crippen molar-refractivity contribution in [3.63, 3.8) is 0 Å². The second-order valence-corrected chi connectivity index (χ2v) is 6.15. The molecule has 26 heavy (non-hydrogen) atoms. The quantitative estimate of drug-likeness (QED) is 0.670. The van der Waals surface area contributed by atoms with Crippen LogP contribution in [0.3, 0.4) is 0 Å². The maximum atomic E-state index is 13.8. The maximum absolute atomic E-state index is 13.8. The smallest absolute Gasteiger partial charge is 0.375 e. The van der Waals surface area contributed by atoms with Gasteiger partial charge in [0.2, 0.25) is 5.76 Å². The number of halogens is 2. The lowest BCUT2D eigenvalue weighted by Gasteiger charge is -2.13. The molecule has 2 aromatic carbocycles. The standard InChI is InChI=1S/C19H15ClFNO4/c1-10-13-5-3-4-6-16(13)26-17(10)19(24)25-11(2)18(23)22-15-8-7-12(20)9-14(15)21/h3-9,11H,1-2H3,(H,22,23). The molecule has 134 valence electrons. The molecule has 1 amide bonds. The maximum Gasteiger partial charge on any atom is 0.375 e. The van der Waals surface area contributed by atoms with Crippen molar-refractivity contribution in [1.82, 2.24) is 0 Å². The Morgan fingerprint density at radius 1 is 1.23 bits per heavy atom. The zero-order valence-electron chi connectivity index (χ0n) is 14.0. The molecule has 1 aromatic heterocycles. The molecule has 0 bridgehead atoms. The van der Waals surface area contributed by atoms with Crippen LogP contribution in [-0.2, 0) is 9.53 Å². The first-order valence-electron chi connectivity index (χ1n) is 7.82. The summed E-state index contributed by atoms with van der Waals surface area (Å²) in [5.74, 6) is -2.09. The van der Waals surface area contributed by atoms with Crippen LogP contribution in [0.25, 0.3) is 11.0 Å². The number of hydrogen-bond acceptors (Lipinski definition) is 4. The van der Waals surface area contributed by atoms with Crippen LogP contribution in [0.15, 0.2) is 46.9 Å². The van der Waals surface area contributed by atoms with Gasteiger partial charge in [-0.1, -0.05) is 29.8 Å². The van der Waals surface area contributed by atoms with Gasteiger partial charge in [0.05, 0.1) is 5.69 Å². The number of anilines is 1. The van der Waals surface area contributed by atoms with E-state index in [9.17, 15) is 14.0 Å². The van der Waals surface area contributed by atoms with E-state index in [0.717, 1.165) is 11.5 Å². The largest absolute Gasteiger partial charge is 0.449 e. The van der Waals surface area contributed by atoms with Crippen molar-refractivity contribution < 1.29 is 23.1 Å². The molecule has 1 unspecified atom stereocenters. The number of para-hydroxylation sites is 1. The molecule has 1 N–H and O–H groups in total. The summed E-state index contributed by atoms with van der Waals surface area (Å²) in [6.45, 7) is 3.12. The van der Waals surface area contributed by atoms with Gasteiger partial charge in [0, 0.05) is 16.0 Å². The second kappa shape index (κ2) is 7.17. The van der Waals surface area contributed by atoms with Crippen molar-refractivity contribution in [3.8, 4) is 0 Å². The molecule has 1 atom stereocenters. The molecule has 0 saturated carbocycles. The topological polar surface area (TPSA) is 68.5 Å². The number of furan rings is 1. The molecule has 0 radical (unpaired) electrons. The zero-order chi connectivity index (χ0) is 18.8. The van der Waals surface area contributed by atoms with Crippen LogP contribution >= 0.6 is 11.6 Å². The summed E-state index contributed by atoms with van der Waals surface area (Å²) < 4.78 is 24.4. The van der Waals surface area contributed by atoms with Crippen LogP contribution in [0, 0.1) is 12.7 Å². The van der Waals surface area contributed by atoms with Crippen LogP contribution < -0.4 is 5.32 Å². The number of fused-ring (bicyclic) bond motifs is 1. The number of esters is 1. The second-order valence-electron chi connectivity index (χ2n) is 5.71. The third kappa shape index (κ3) is 3.55. The Balaban J connectivity index is 1.71. The summed E-state index contributed by atoms with van der Waals surface area (Å²) in [6.07, 6.45) is -1.15. The monoisotopic (exact) mass is 375 g/mol. The Kier molecular flexibility index (Phi) is 4.95. The fourth-order valence-corrected chi connectivity index (χ4v) is 2.62. The molecular formula is C19H15ClFNO4. The molecule has 0 saturated heterocycles. The van der Waals surface area contributed by atoms with Crippen molar-refractivity contribution in [2.45, 2.75) is 20.0 Å². The number of carbonyl (C=O) groups is 2. The number of ether oxygens (including phenoxy) is 1. The van der Waals surface area contributed by atoms with Gasteiger partial charge >= 0.3 is 5.97 Å². The molecule has 3 rings (SSSR count). The third-order valence-corrected chi connectivity index (χ3v) is 4.11. The van der Waals surface area contributed by atoms with Crippen molar-refractivity contribution >= 4 is 40.1 Å². The molecule has 0 spiro atoms. The van der Waals surface area contributed by atoms with Gasteiger partial charge in [-0.25, -0.2) is 9.18 Å². The number of benzene rings is 2. The Morgan fingerprint density at radius 3 is 2.65 bits per heavy atom. The van der Waals surface area contributed by atoms with Gasteiger partial charge in [-0.2, -0.15) is 0 Å². The minimum Gasteiger partial charge on any atom is -0.449 e. The normalized spacial score (nSPS) is 12.0. The number of nitrogens with one attached hydrogen (secondary N) is 1. The highest BCUT2D eigenvalue weighted by molar-refractivity contribution is 6.30. The van der Waals surface area contributed by atoms with Crippen molar-refractivity contribution in [2.75, 3.05) is 5.32 Å². The number of carbonyl (C=O) groups excluding carboxylic acids is 2. The molecule has 1 heterocycles. The minimum atomic E-state index is -1.15.